The van der Waals surface area contributed by atoms with Gasteiger partial charge in [-0.25, -0.2) is 9.97 Å². The number of aromatic nitrogens is 3. The Labute approximate surface area is 118 Å². The molecule has 1 aliphatic rings. The van der Waals surface area contributed by atoms with Crippen molar-refractivity contribution in [1.82, 2.24) is 20.3 Å². The fraction of sp³-hybridized carbons (Fsp3) is 0.400. The van der Waals surface area contributed by atoms with Gasteiger partial charge in [0.15, 0.2) is 5.82 Å². The smallest absolute Gasteiger partial charge is 0.153 e. The van der Waals surface area contributed by atoms with E-state index in [4.69, 9.17) is 0 Å². The maximum absolute atomic E-state index is 4.54. The SMILES string of the molecule is Cc1cccc(Nc2nccnc2C2CCNCC2)n1. The first kappa shape index (κ1) is 13.0. The molecule has 3 rings (SSSR count). The third-order valence-electron chi connectivity index (χ3n) is 3.59. The highest BCUT2D eigenvalue weighted by Gasteiger charge is 2.20. The van der Waals surface area contributed by atoms with Crippen LogP contribution >= 0.6 is 0 Å². The Morgan fingerprint density at radius 2 is 1.95 bits per heavy atom. The molecule has 0 unspecified atom stereocenters. The van der Waals surface area contributed by atoms with E-state index in [1.165, 1.54) is 0 Å². The molecule has 5 heteroatoms. The number of nitrogens with one attached hydrogen (secondary N) is 2. The monoisotopic (exact) mass is 269 g/mol. The van der Waals surface area contributed by atoms with E-state index in [1.807, 2.05) is 25.1 Å². The van der Waals surface area contributed by atoms with E-state index in [0.717, 1.165) is 49.0 Å². The van der Waals surface area contributed by atoms with Crippen LogP contribution in [0, 0.1) is 6.92 Å². The first-order valence-corrected chi connectivity index (χ1v) is 7.05. The van der Waals surface area contributed by atoms with Crippen LogP contribution in [0.3, 0.4) is 0 Å². The molecule has 0 bridgehead atoms. The highest BCUT2D eigenvalue weighted by molar-refractivity contribution is 5.54. The molecule has 2 aromatic rings. The molecule has 0 aromatic carbocycles. The Morgan fingerprint density at radius 1 is 1.15 bits per heavy atom. The van der Waals surface area contributed by atoms with Crippen LogP contribution in [0.25, 0.3) is 0 Å². The number of rotatable bonds is 3. The van der Waals surface area contributed by atoms with Gasteiger partial charge in [-0.05, 0) is 45.0 Å². The van der Waals surface area contributed by atoms with Gasteiger partial charge in [-0.1, -0.05) is 6.07 Å². The van der Waals surface area contributed by atoms with Crippen LogP contribution in [-0.4, -0.2) is 28.0 Å². The molecule has 3 heterocycles. The molecule has 0 aliphatic carbocycles. The van der Waals surface area contributed by atoms with Gasteiger partial charge in [-0.3, -0.25) is 4.98 Å². The predicted molar refractivity (Wildman–Crippen MR) is 79.1 cm³/mol. The van der Waals surface area contributed by atoms with Crippen molar-refractivity contribution in [2.24, 2.45) is 0 Å². The van der Waals surface area contributed by atoms with Gasteiger partial charge in [0.05, 0.1) is 5.69 Å². The summed E-state index contributed by atoms with van der Waals surface area (Å²) in [4.78, 5) is 13.4. The van der Waals surface area contributed by atoms with Gasteiger partial charge >= 0.3 is 0 Å². The number of hydrogen-bond donors (Lipinski definition) is 2. The number of hydrogen-bond acceptors (Lipinski definition) is 5. The quantitative estimate of drug-likeness (QED) is 0.896. The third kappa shape index (κ3) is 2.93. The van der Waals surface area contributed by atoms with Crippen LogP contribution in [0.1, 0.15) is 30.1 Å². The maximum atomic E-state index is 4.54. The van der Waals surface area contributed by atoms with Crippen molar-refractivity contribution in [1.29, 1.82) is 0 Å². The van der Waals surface area contributed by atoms with E-state index in [1.54, 1.807) is 12.4 Å². The van der Waals surface area contributed by atoms with Gasteiger partial charge in [-0.15, -0.1) is 0 Å². The molecule has 1 aliphatic heterocycles. The third-order valence-corrected chi connectivity index (χ3v) is 3.59. The molecule has 0 spiro atoms. The van der Waals surface area contributed by atoms with E-state index < -0.39 is 0 Å². The van der Waals surface area contributed by atoms with Gasteiger partial charge < -0.3 is 10.6 Å². The Morgan fingerprint density at radius 3 is 2.75 bits per heavy atom. The second-order valence-electron chi connectivity index (χ2n) is 5.10. The van der Waals surface area contributed by atoms with Gasteiger partial charge in [0.25, 0.3) is 0 Å². The number of pyridine rings is 1. The zero-order valence-corrected chi connectivity index (χ0v) is 11.6. The summed E-state index contributed by atoms with van der Waals surface area (Å²) in [5.41, 5.74) is 2.04. The van der Waals surface area contributed by atoms with Crippen LogP contribution in [0.4, 0.5) is 11.6 Å². The van der Waals surface area contributed by atoms with Crippen molar-refractivity contribution >= 4 is 11.6 Å². The predicted octanol–water partition coefficient (Wildman–Crippen LogP) is 2.39. The summed E-state index contributed by atoms with van der Waals surface area (Å²) in [6.45, 7) is 4.07. The molecule has 2 N–H and O–H groups in total. The highest BCUT2D eigenvalue weighted by atomic mass is 15.1. The summed E-state index contributed by atoms with van der Waals surface area (Å²) in [6, 6.07) is 5.93. The molecule has 0 amide bonds. The molecule has 1 fully saturated rings. The Kier molecular flexibility index (Phi) is 3.87. The van der Waals surface area contributed by atoms with E-state index >= 15 is 0 Å². The van der Waals surface area contributed by atoms with Crippen molar-refractivity contribution in [3.05, 3.63) is 42.0 Å². The summed E-state index contributed by atoms with van der Waals surface area (Å²) in [6.07, 6.45) is 5.71. The second-order valence-corrected chi connectivity index (χ2v) is 5.10. The Bertz CT molecular complexity index is 578. The van der Waals surface area contributed by atoms with E-state index in [-0.39, 0.29) is 0 Å². The van der Waals surface area contributed by atoms with Crippen LogP contribution in [0.2, 0.25) is 0 Å². The maximum Gasteiger partial charge on any atom is 0.153 e. The summed E-state index contributed by atoms with van der Waals surface area (Å²) in [5, 5.41) is 6.69. The first-order valence-electron chi connectivity index (χ1n) is 7.05. The van der Waals surface area contributed by atoms with E-state index in [9.17, 15) is 0 Å². The number of anilines is 2. The van der Waals surface area contributed by atoms with Crippen molar-refractivity contribution in [2.45, 2.75) is 25.7 Å². The summed E-state index contributed by atoms with van der Waals surface area (Å²) >= 11 is 0. The van der Waals surface area contributed by atoms with Gasteiger partial charge in [-0.2, -0.15) is 0 Å². The van der Waals surface area contributed by atoms with Gasteiger partial charge in [0, 0.05) is 24.0 Å². The minimum absolute atomic E-state index is 0.470. The minimum atomic E-state index is 0.470. The lowest BCUT2D eigenvalue weighted by atomic mass is 9.94. The molecule has 20 heavy (non-hydrogen) atoms. The summed E-state index contributed by atoms with van der Waals surface area (Å²) in [5.74, 6) is 2.12. The van der Waals surface area contributed by atoms with Crippen LogP contribution in [0.15, 0.2) is 30.6 Å². The number of aryl methyl sites for hydroxylation is 1. The molecule has 104 valence electrons. The molecule has 0 radical (unpaired) electrons. The Hall–Kier alpha value is -2.01. The minimum Gasteiger partial charge on any atom is -0.323 e. The molecule has 1 saturated heterocycles. The normalized spacial score (nSPS) is 16.1. The Balaban J connectivity index is 1.85. The molecular formula is C15H19N5. The van der Waals surface area contributed by atoms with Crippen LogP contribution < -0.4 is 10.6 Å². The van der Waals surface area contributed by atoms with Crippen molar-refractivity contribution in [3.63, 3.8) is 0 Å². The van der Waals surface area contributed by atoms with Gasteiger partial charge in [0.2, 0.25) is 0 Å². The fourth-order valence-corrected chi connectivity index (χ4v) is 2.57. The van der Waals surface area contributed by atoms with Crippen LogP contribution in [-0.2, 0) is 0 Å². The van der Waals surface area contributed by atoms with Crippen molar-refractivity contribution < 1.29 is 0 Å². The molecular weight excluding hydrogens is 250 g/mol. The van der Waals surface area contributed by atoms with Crippen molar-refractivity contribution in [2.75, 3.05) is 18.4 Å². The largest absolute Gasteiger partial charge is 0.323 e. The molecule has 0 atom stereocenters. The van der Waals surface area contributed by atoms with Gasteiger partial charge in [0.1, 0.15) is 5.82 Å². The lowest BCUT2D eigenvalue weighted by Crippen LogP contribution is -2.27. The molecule has 2 aromatic heterocycles. The van der Waals surface area contributed by atoms with Crippen LogP contribution in [0.5, 0.6) is 0 Å². The summed E-state index contributed by atoms with van der Waals surface area (Å²) < 4.78 is 0. The average Bonchev–Trinajstić information content (AvgIpc) is 2.49. The van der Waals surface area contributed by atoms with E-state index in [2.05, 4.69) is 25.6 Å². The standard InChI is InChI=1S/C15H19N5/c1-11-3-2-4-13(19-11)20-15-14(17-9-10-18-15)12-5-7-16-8-6-12/h2-4,9-10,12,16H,5-8H2,1H3,(H,18,19,20). The highest BCUT2D eigenvalue weighted by Crippen LogP contribution is 2.29. The van der Waals surface area contributed by atoms with Crippen molar-refractivity contribution in [3.8, 4) is 0 Å². The number of nitrogens with zero attached hydrogens (tertiary/aromatic N) is 3. The topological polar surface area (TPSA) is 62.7 Å². The lowest BCUT2D eigenvalue weighted by Gasteiger charge is -2.23. The lowest BCUT2D eigenvalue weighted by molar-refractivity contribution is 0.453. The fourth-order valence-electron chi connectivity index (χ4n) is 2.57. The molecule has 5 nitrogen and oxygen atoms in total. The number of piperidine rings is 1. The average molecular weight is 269 g/mol. The first-order chi connectivity index (χ1) is 9.83. The molecule has 0 saturated carbocycles. The zero-order chi connectivity index (χ0) is 13.8. The zero-order valence-electron chi connectivity index (χ0n) is 11.6. The van der Waals surface area contributed by atoms with E-state index in [0.29, 0.717) is 5.92 Å². The summed E-state index contributed by atoms with van der Waals surface area (Å²) in [7, 11) is 0. The second kappa shape index (κ2) is 5.96.